The second-order valence-corrected chi connectivity index (χ2v) is 8.24. The molecule has 28 heavy (non-hydrogen) atoms. The normalized spacial score (nSPS) is 22.4. The highest BCUT2D eigenvalue weighted by Crippen LogP contribution is 2.48. The second kappa shape index (κ2) is 8.91. The van der Waals surface area contributed by atoms with Crippen molar-refractivity contribution in [2.75, 3.05) is 6.54 Å². The number of carbonyl (C=O) groups is 2. The van der Waals surface area contributed by atoms with E-state index in [2.05, 4.69) is 6.92 Å². The Morgan fingerprint density at radius 2 is 2.04 bits per heavy atom. The molecule has 0 radical (unpaired) electrons. The number of aromatic carboxylic acids is 1. The molecule has 1 aliphatic carbocycles. The maximum Gasteiger partial charge on any atom is 0.335 e. The van der Waals surface area contributed by atoms with Gasteiger partial charge in [-0.3, -0.25) is 4.79 Å². The Morgan fingerprint density at radius 1 is 1.32 bits per heavy atom. The molecule has 152 valence electrons. The lowest BCUT2D eigenvalue weighted by Gasteiger charge is -2.45. The molecule has 3 rings (SSSR count). The quantitative estimate of drug-likeness (QED) is 0.634. The van der Waals surface area contributed by atoms with Crippen LogP contribution in [0, 0.1) is 5.41 Å². The first-order valence-electron chi connectivity index (χ1n) is 10.4. The number of aliphatic hydroxyl groups excluding tert-OH is 1. The van der Waals surface area contributed by atoms with Gasteiger partial charge >= 0.3 is 5.97 Å². The van der Waals surface area contributed by atoms with Crippen LogP contribution in [0.2, 0.25) is 0 Å². The molecule has 5 nitrogen and oxygen atoms in total. The highest BCUT2D eigenvalue weighted by Gasteiger charge is 2.41. The molecular formula is C23H31NO4. The fourth-order valence-corrected chi connectivity index (χ4v) is 4.57. The number of amides is 1. The number of rotatable bonds is 9. The second-order valence-electron chi connectivity index (χ2n) is 8.24. The van der Waals surface area contributed by atoms with Gasteiger partial charge in [-0.1, -0.05) is 44.1 Å². The summed E-state index contributed by atoms with van der Waals surface area (Å²) in [6.45, 7) is 2.77. The van der Waals surface area contributed by atoms with E-state index in [4.69, 9.17) is 5.11 Å². The average Bonchev–Trinajstić information content (AvgIpc) is 3.01. The lowest BCUT2D eigenvalue weighted by atomic mass is 9.62. The van der Waals surface area contributed by atoms with Crippen LogP contribution in [0.15, 0.2) is 36.4 Å². The van der Waals surface area contributed by atoms with Crippen molar-refractivity contribution in [1.82, 2.24) is 4.90 Å². The molecule has 2 aliphatic rings. The van der Waals surface area contributed by atoms with E-state index in [-0.39, 0.29) is 22.9 Å². The number of hydrogen-bond acceptors (Lipinski definition) is 3. The third-order valence-corrected chi connectivity index (χ3v) is 6.46. The van der Waals surface area contributed by atoms with Gasteiger partial charge in [-0.25, -0.2) is 4.79 Å². The Hall–Kier alpha value is -2.14. The first-order chi connectivity index (χ1) is 13.4. The van der Waals surface area contributed by atoms with Gasteiger partial charge in [0, 0.05) is 13.0 Å². The van der Waals surface area contributed by atoms with E-state index < -0.39 is 12.1 Å². The topological polar surface area (TPSA) is 77.8 Å². The largest absolute Gasteiger partial charge is 0.478 e. The lowest BCUT2D eigenvalue weighted by molar-refractivity contribution is -0.128. The molecule has 5 heteroatoms. The number of carbonyl (C=O) groups excluding carboxylic acids is 1. The fraction of sp³-hybridized carbons (Fsp3) is 0.565. The van der Waals surface area contributed by atoms with Crippen LogP contribution in [-0.2, 0) is 11.2 Å². The molecule has 1 aromatic carbocycles. The number of aliphatic hydroxyl groups is 1. The zero-order valence-corrected chi connectivity index (χ0v) is 16.6. The molecule has 2 N–H and O–H groups in total. The predicted molar refractivity (Wildman–Crippen MR) is 108 cm³/mol. The molecule has 1 amide bonds. The molecular weight excluding hydrogens is 354 g/mol. The predicted octanol–water partition coefficient (Wildman–Crippen LogP) is 3.81. The van der Waals surface area contributed by atoms with E-state index in [1.54, 1.807) is 12.1 Å². The standard InChI is InChI=1S/C23H31NO4/c1-2-13-23(14-3-15-23)20(25)10-8-19-9-11-21(26)24(19)16-12-17-4-6-18(7-5-17)22(27)28/h4-8,10,19-20,25H,2-3,9,11-16H2,1H3,(H,27,28)/b10-8+/t19-,20-/m0/s1. The summed E-state index contributed by atoms with van der Waals surface area (Å²) in [5, 5.41) is 19.7. The smallest absolute Gasteiger partial charge is 0.335 e. The van der Waals surface area contributed by atoms with Gasteiger partial charge in [0.05, 0.1) is 17.7 Å². The highest BCUT2D eigenvalue weighted by atomic mass is 16.4. The van der Waals surface area contributed by atoms with Crippen molar-refractivity contribution in [3.8, 4) is 0 Å². The molecule has 1 aliphatic heterocycles. The van der Waals surface area contributed by atoms with Gasteiger partial charge in [-0.2, -0.15) is 0 Å². The molecule has 2 atom stereocenters. The Bertz CT molecular complexity index is 721. The molecule has 1 saturated carbocycles. The van der Waals surface area contributed by atoms with Crippen molar-refractivity contribution in [2.45, 2.75) is 70.4 Å². The summed E-state index contributed by atoms with van der Waals surface area (Å²) in [4.78, 5) is 25.2. The van der Waals surface area contributed by atoms with Crippen molar-refractivity contribution in [1.29, 1.82) is 0 Å². The minimum absolute atomic E-state index is 0.0409. The Balaban J connectivity index is 1.59. The van der Waals surface area contributed by atoms with Gasteiger partial charge in [-0.05, 0) is 55.2 Å². The third-order valence-electron chi connectivity index (χ3n) is 6.46. The van der Waals surface area contributed by atoms with Gasteiger partial charge in [0.15, 0.2) is 0 Å². The van der Waals surface area contributed by atoms with Gasteiger partial charge in [0.25, 0.3) is 0 Å². The van der Waals surface area contributed by atoms with Crippen molar-refractivity contribution in [3.05, 3.63) is 47.5 Å². The van der Waals surface area contributed by atoms with Crippen LogP contribution >= 0.6 is 0 Å². The van der Waals surface area contributed by atoms with Crippen LogP contribution in [0.25, 0.3) is 0 Å². The number of carboxylic acids is 1. The first kappa shape index (κ1) is 20.6. The Morgan fingerprint density at radius 3 is 2.61 bits per heavy atom. The molecule has 0 unspecified atom stereocenters. The maximum absolute atomic E-state index is 12.3. The zero-order chi connectivity index (χ0) is 20.1. The molecule has 2 fully saturated rings. The van der Waals surface area contributed by atoms with Crippen molar-refractivity contribution in [3.63, 3.8) is 0 Å². The van der Waals surface area contributed by atoms with E-state index >= 15 is 0 Å². The molecule has 0 aromatic heterocycles. The summed E-state index contributed by atoms with van der Waals surface area (Å²) in [5.74, 6) is -0.782. The summed E-state index contributed by atoms with van der Waals surface area (Å²) in [5.41, 5.74) is 1.33. The summed E-state index contributed by atoms with van der Waals surface area (Å²) >= 11 is 0. The molecule has 1 aromatic rings. The van der Waals surface area contributed by atoms with Crippen molar-refractivity contribution >= 4 is 11.9 Å². The van der Waals surface area contributed by atoms with Gasteiger partial charge in [-0.15, -0.1) is 0 Å². The molecule has 0 bridgehead atoms. The van der Waals surface area contributed by atoms with E-state index in [9.17, 15) is 14.7 Å². The average molecular weight is 386 g/mol. The van der Waals surface area contributed by atoms with Gasteiger partial charge in [0.2, 0.25) is 5.91 Å². The number of benzene rings is 1. The molecule has 1 saturated heterocycles. The van der Waals surface area contributed by atoms with Crippen molar-refractivity contribution < 1.29 is 19.8 Å². The summed E-state index contributed by atoms with van der Waals surface area (Å²) in [6, 6.07) is 6.86. The fourth-order valence-electron chi connectivity index (χ4n) is 4.57. The zero-order valence-electron chi connectivity index (χ0n) is 16.6. The Labute approximate surface area is 167 Å². The van der Waals surface area contributed by atoms with E-state index in [0.717, 1.165) is 37.7 Å². The number of hydrogen-bond donors (Lipinski definition) is 2. The lowest BCUT2D eigenvalue weighted by Crippen LogP contribution is -2.40. The Kier molecular flexibility index (Phi) is 6.55. The van der Waals surface area contributed by atoms with Gasteiger partial charge < -0.3 is 15.1 Å². The van der Waals surface area contributed by atoms with E-state index in [0.29, 0.717) is 19.4 Å². The third kappa shape index (κ3) is 4.46. The van der Waals surface area contributed by atoms with Crippen LogP contribution in [0.4, 0.5) is 0 Å². The number of likely N-dealkylation sites (tertiary alicyclic amines) is 1. The SMILES string of the molecule is CCCC1([C@@H](O)/C=C/[C@H]2CCC(=O)N2CCc2ccc(C(=O)O)cc2)CCC1. The molecule has 1 heterocycles. The van der Waals surface area contributed by atoms with Crippen LogP contribution in [0.3, 0.4) is 0 Å². The summed E-state index contributed by atoms with van der Waals surface area (Å²) in [7, 11) is 0. The number of nitrogens with zero attached hydrogens (tertiary/aromatic N) is 1. The number of carboxylic acid groups (broad SMARTS) is 1. The first-order valence-corrected chi connectivity index (χ1v) is 10.4. The van der Waals surface area contributed by atoms with Crippen LogP contribution in [0.5, 0.6) is 0 Å². The monoisotopic (exact) mass is 385 g/mol. The van der Waals surface area contributed by atoms with E-state index in [1.807, 2.05) is 29.2 Å². The molecule has 0 spiro atoms. The van der Waals surface area contributed by atoms with Crippen LogP contribution < -0.4 is 0 Å². The van der Waals surface area contributed by atoms with Crippen molar-refractivity contribution in [2.24, 2.45) is 5.41 Å². The maximum atomic E-state index is 12.3. The van der Waals surface area contributed by atoms with Gasteiger partial charge in [0.1, 0.15) is 0 Å². The van der Waals surface area contributed by atoms with E-state index in [1.165, 1.54) is 6.42 Å². The minimum atomic E-state index is -0.933. The van der Waals surface area contributed by atoms with Crippen LogP contribution in [-0.4, -0.2) is 45.7 Å². The summed E-state index contributed by atoms with van der Waals surface area (Å²) in [6.07, 6.45) is 11.1. The van der Waals surface area contributed by atoms with Crippen LogP contribution in [0.1, 0.15) is 67.8 Å². The highest BCUT2D eigenvalue weighted by molar-refractivity contribution is 5.87. The minimum Gasteiger partial charge on any atom is -0.478 e. The summed E-state index contributed by atoms with van der Waals surface area (Å²) < 4.78 is 0.